The molecule has 0 spiro atoms. The van der Waals surface area contributed by atoms with Crippen LogP contribution in [0.4, 0.5) is 0 Å². The molecule has 0 radical (unpaired) electrons. The average molecular weight is 865 g/mol. The lowest BCUT2D eigenvalue weighted by Crippen LogP contribution is -2.34. The highest BCUT2D eigenvalue weighted by Crippen LogP contribution is 2.53. The van der Waals surface area contributed by atoms with E-state index in [-0.39, 0.29) is 99.9 Å². The van der Waals surface area contributed by atoms with Crippen LogP contribution in [0.15, 0.2) is 28.2 Å². The van der Waals surface area contributed by atoms with Crippen molar-refractivity contribution in [2.24, 2.45) is 27.7 Å². The second-order valence-electron chi connectivity index (χ2n) is 16.3. The zero-order valence-electron chi connectivity index (χ0n) is 33.9. The lowest BCUT2D eigenvalue weighted by molar-refractivity contribution is -0.140. The van der Waals surface area contributed by atoms with Gasteiger partial charge in [-0.25, -0.2) is 0 Å². The first-order valence-corrected chi connectivity index (χ1v) is 19.7. The van der Waals surface area contributed by atoms with Crippen LogP contribution < -0.4 is 5.32 Å². The van der Waals surface area contributed by atoms with E-state index in [9.17, 15) is 79.2 Å². The standard InChI is InChI=1S/C42H48N4O16/c1-41(17-39(59)60)23(5-9-35(51)52)29-14-27-21(11-37(55)56)19(3-7-33(47)48)25(43-27)13-26-20(4-8-34(49)50)22(12-38(57)58)28(44-26)15-31-42(2,18-40(61)62)24(6-10-36(53)54)30(46-31)16-32(41)45-29/h14-16,23-24,43-44,46H,3-13,17-18H2,1-2H3,(H,47,48)(H,49,50)(H,51,52)(H,53,54)(H,55,56)(H,57,58)(H,59,60)(H,61,62). The van der Waals surface area contributed by atoms with Crippen LogP contribution in [0.5, 0.6) is 0 Å². The first kappa shape index (κ1) is 46.1. The number of carboxylic acid groups (broad SMARTS) is 8. The summed E-state index contributed by atoms with van der Waals surface area (Å²) in [4.78, 5) is 109. The van der Waals surface area contributed by atoms with Gasteiger partial charge in [-0.15, -0.1) is 0 Å². The molecule has 11 N–H and O–H groups in total. The Morgan fingerprint density at radius 1 is 0.565 bits per heavy atom. The smallest absolute Gasteiger partial charge is 0.307 e. The van der Waals surface area contributed by atoms with Gasteiger partial charge in [-0.3, -0.25) is 43.3 Å². The molecule has 4 unspecified atom stereocenters. The molecule has 8 bridgehead atoms. The van der Waals surface area contributed by atoms with Crippen molar-refractivity contribution in [3.8, 4) is 0 Å². The fraction of sp³-hybridized carbons (Fsp3) is 0.452. The maximum atomic E-state index is 12.6. The van der Waals surface area contributed by atoms with Crippen LogP contribution in [0, 0.1) is 22.7 Å². The van der Waals surface area contributed by atoms with Crippen LogP contribution in [-0.4, -0.2) is 104 Å². The predicted molar refractivity (Wildman–Crippen MR) is 215 cm³/mol. The molecule has 20 nitrogen and oxygen atoms in total. The number of aliphatic carboxylic acids is 8. The van der Waals surface area contributed by atoms with Crippen LogP contribution in [0.25, 0.3) is 12.2 Å². The van der Waals surface area contributed by atoms with E-state index in [0.717, 1.165) is 0 Å². The van der Waals surface area contributed by atoms with Crippen LogP contribution in [-0.2, 0) is 70.5 Å². The van der Waals surface area contributed by atoms with Crippen molar-refractivity contribution >= 4 is 65.6 Å². The van der Waals surface area contributed by atoms with Gasteiger partial charge >= 0.3 is 47.8 Å². The number of rotatable bonds is 20. The Labute approximate surface area is 352 Å². The highest BCUT2D eigenvalue weighted by Gasteiger charge is 2.51. The molecule has 2 aromatic heterocycles. The molecule has 0 amide bonds. The van der Waals surface area contributed by atoms with Crippen LogP contribution in [0.2, 0.25) is 0 Å². The van der Waals surface area contributed by atoms with Crippen molar-refractivity contribution in [3.63, 3.8) is 0 Å². The van der Waals surface area contributed by atoms with Crippen molar-refractivity contribution in [1.29, 1.82) is 0 Å². The number of hydrogen-bond acceptors (Lipinski definition) is 10. The molecule has 5 rings (SSSR count). The fourth-order valence-electron chi connectivity index (χ4n) is 9.22. The summed E-state index contributed by atoms with van der Waals surface area (Å²) < 4.78 is 0. The number of carboxylic acids is 8. The number of fused-ring (bicyclic) bond motifs is 7. The summed E-state index contributed by atoms with van der Waals surface area (Å²) in [5.41, 5.74) is -0.495. The highest BCUT2D eigenvalue weighted by molar-refractivity contribution is 6.05. The van der Waals surface area contributed by atoms with Crippen LogP contribution >= 0.6 is 0 Å². The molecule has 62 heavy (non-hydrogen) atoms. The molecule has 5 heterocycles. The average Bonchev–Trinajstić information content (AvgIpc) is 3.77. The van der Waals surface area contributed by atoms with E-state index >= 15 is 0 Å². The summed E-state index contributed by atoms with van der Waals surface area (Å²) in [7, 11) is 0. The fourth-order valence-corrected chi connectivity index (χ4v) is 9.22. The number of carbonyl (C=O) groups is 8. The predicted octanol–water partition coefficient (Wildman–Crippen LogP) is 3.78. The molecular weight excluding hydrogens is 816 g/mol. The van der Waals surface area contributed by atoms with Gasteiger partial charge in [0.1, 0.15) is 0 Å². The molecule has 20 heteroatoms. The van der Waals surface area contributed by atoms with Crippen molar-refractivity contribution in [3.05, 3.63) is 68.2 Å². The number of aliphatic imine (C=N–C) groups is 1. The lowest BCUT2D eigenvalue weighted by atomic mass is 9.68. The Bertz CT molecular complexity index is 2360. The molecule has 332 valence electrons. The molecule has 4 atom stereocenters. The lowest BCUT2D eigenvalue weighted by Gasteiger charge is -2.32. The topological polar surface area (TPSA) is 354 Å². The SMILES string of the molecule is CC1(CC(=O)O)C2=Cc3[nH]c(c(CCC(=O)O)c3CC(=O)O)Cc3[nH]c(c(CC(=O)O)c3CCC(=O)O)C=C3N=C(C=C(N2)C1CCC(=O)O)C(C)(CC(=O)O)C3CCC(=O)O. The largest absolute Gasteiger partial charge is 0.481 e. The maximum absolute atomic E-state index is 12.6. The zero-order chi connectivity index (χ0) is 45.8. The Morgan fingerprint density at radius 3 is 1.47 bits per heavy atom. The zero-order valence-corrected chi connectivity index (χ0v) is 33.9. The van der Waals surface area contributed by atoms with E-state index < -0.39 is 122 Å². The van der Waals surface area contributed by atoms with Crippen molar-refractivity contribution in [2.45, 2.75) is 97.3 Å². The van der Waals surface area contributed by atoms with Gasteiger partial charge in [-0.1, -0.05) is 13.8 Å². The summed E-state index contributed by atoms with van der Waals surface area (Å²) in [6.45, 7) is 3.15. The number of nitrogens with one attached hydrogen (secondary N) is 3. The summed E-state index contributed by atoms with van der Waals surface area (Å²) in [6.07, 6.45) is -0.580. The molecular formula is C42H48N4O16. The third-order valence-corrected chi connectivity index (χ3v) is 12.1. The van der Waals surface area contributed by atoms with Gasteiger partial charge in [-0.2, -0.15) is 0 Å². The minimum absolute atomic E-state index is 0.109. The van der Waals surface area contributed by atoms with E-state index in [2.05, 4.69) is 15.3 Å². The summed E-state index contributed by atoms with van der Waals surface area (Å²) >= 11 is 0. The molecule has 0 saturated carbocycles. The normalized spacial score (nSPS) is 21.5. The van der Waals surface area contributed by atoms with Crippen molar-refractivity contribution in [1.82, 2.24) is 15.3 Å². The van der Waals surface area contributed by atoms with Gasteiger partial charge < -0.3 is 56.1 Å². The summed E-state index contributed by atoms with van der Waals surface area (Å²) in [6, 6.07) is 0. The van der Waals surface area contributed by atoms with E-state index in [1.807, 2.05) is 0 Å². The van der Waals surface area contributed by atoms with E-state index in [1.54, 1.807) is 13.8 Å². The molecule has 1 fully saturated rings. The van der Waals surface area contributed by atoms with Gasteiger partial charge in [-0.05, 0) is 66.2 Å². The van der Waals surface area contributed by atoms with E-state index in [4.69, 9.17) is 4.99 Å². The van der Waals surface area contributed by atoms with E-state index in [0.29, 0.717) is 0 Å². The molecule has 0 aromatic carbocycles. The van der Waals surface area contributed by atoms with Gasteiger partial charge in [0.15, 0.2) is 0 Å². The monoisotopic (exact) mass is 864 g/mol. The molecule has 1 saturated heterocycles. The van der Waals surface area contributed by atoms with Gasteiger partial charge in [0.2, 0.25) is 0 Å². The molecule has 3 aliphatic rings. The second kappa shape index (κ2) is 18.3. The van der Waals surface area contributed by atoms with Gasteiger partial charge in [0, 0.05) is 100 Å². The quantitative estimate of drug-likeness (QED) is 0.0902. The summed E-state index contributed by atoms with van der Waals surface area (Å²) in [5.74, 6) is -11.8. The number of aromatic amines is 2. The first-order chi connectivity index (χ1) is 29.0. The van der Waals surface area contributed by atoms with Crippen LogP contribution in [0.3, 0.4) is 0 Å². The third kappa shape index (κ3) is 10.1. The third-order valence-electron chi connectivity index (χ3n) is 12.1. The number of hydrogen-bond donors (Lipinski definition) is 11. The van der Waals surface area contributed by atoms with Crippen molar-refractivity contribution in [2.75, 3.05) is 0 Å². The van der Waals surface area contributed by atoms with Gasteiger partial charge in [0.25, 0.3) is 0 Å². The maximum Gasteiger partial charge on any atom is 0.307 e. The minimum atomic E-state index is -1.46. The first-order valence-electron chi connectivity index (χ1n) is 19.7. The van der Waals surface area contributed by atoms with Crippen molar-refractivity contribution < 1.29 is 79.2 Å². The number of aromatic nitrogens is 2. The minimum Gasteiger partial charge on any atom is -0.481 e. The van der Waals surface area contributed by atoms with Crippen LogP contribution in [0.1, 0.15) is 110 Å². The number of H-pyrrole nitrogens is 2. The number of nitrogens with zero attached hydrogens (tertiary/aromatic N) is 1. The summed E-state index contributed by atoms with van der Waals surface area (Å²) in [5, 5.41) is 83.0. The Balaban J connectivity index is 1.97. The van der Waals surface area contributed by atoms with E-state index in [1.165, 1.54) is 18.2 Å². The molecule has 0 aliphatic carbocycles. The Morgan fingerprint density at radius 2 is 1.02 bits per heavy atom. The molecule has 3 aliphatic heterocycles. The van der Waals surface area contributed by atoms with Gasteiger partial charge in [0.05, 0.1) is 25.7 Å². The molecule has 2 aromatic rings. The second-order valence-corrected chi connectivity index (χ2v) is 16.3. The Kier molecular flexibility index (Phi) is 13.6. The Hall–Kier alpha value is -6.99. The number of allylic oxidation sites excluding steroid dienone is 4. The highest BCUT2D eigenvalue weighted by atomic mass is 16.4.